The van der Waals surface area contributed by atoms with E-state index in [0.29, 0.717) is 12.1 Å². The Bertz CT molecular complexity index is 1400. The first-order chi connectivity index (χ1) is 19.1. The van der Waals surface area contributed by atoms with Crippen molar-refractivity contribution in [2.75, 3.05) is 15.5 Å². The van der Waals surface area contributed by atoms with Gasteiger partial charge in [0.25, 0.3) is 0 Å². The third-order valence-corrected chi connectivity index (χ3v) is 7.05. The molecule has 0 spiro atoms. The Labute approximate surface area is 228 Å². The minimum atomic E-state index is -0.101. The van der Waals surface area contributed by atoms with Gasteiger partial charge in [-0.3, -0.25) is 9.58 Å². The van der Waals surface area contributed by atoms with Crippen LogP contribution in [-0.2, 0) is 13.6 Å². The summed E-state index contributed by atoms with van der Waals surface area (Å²) in [6.07, 6.45) is 6.88. The van der Waals surface area contributed by atoms with Crippen LogP contribution in [0.3, 0.4) is 0 Å². The van der Waals surface area contributed by atoms with Crippen LogP contribution in [0.2, 0.25) is 0 Å². The number of amides is 2. The van der Waals surface area contributed by atoms with Crippen LogP contribution in [-0.4, -0.2) is 32.9 Å². The molecule has 4 aromatic rings. The van der Waals surface area contributed by atoms with Crippen LogP contribution in [0, 0.1) is 11.3 Å². The van der Waals surface area contributed by atoms with Crippen LogP contribution in [0.4, 0.5) is 27.8 Å². The molecule has 0 aliphatic heterocycles. The summed E-state index contributed by atoms with van der Waals surface area (Å²) in [7, 11) is 1.89. The van der Waals surface area contributed by atoms with E-state index in [0.717, 1.165) is 54.3 Å². The molecule has 9 heteroatoms. The van der Waals surface area contributed by atoms with Crippen molar-refractivity contribution in [3.63, 3.8) is 0 Å². The Balaban J connectivity index is 1.28. The van der Waals surface area contributed by atoms with Gasteiger partial charge in [0.2, 0.25) is 0 Å². The van der Waals surface area contributed by atoms with Crippen molar-refractivity contribution in [1.29, 1.82) is 5.26 Å². The molecule has 2 amide bonds. The lowest BCUT2D eigenvalue weighted by molar-refractivity contribution is 0.240. The molecule has 3 N–H and O–H groups in total. The number of nitrogens with one attached hydrogen (secondary N) is 3. The van der Waals surface area contributed by atoms with Gasteiger partial charge in [0.1, 0.15) is 17.7 Å². The standard InChI is InChI=1S/C30H32N8O/c1-37-29(17-18-34-37)36-25-10-14-27(15-11-25)38(30(39)33-20-22-5-3-2-4-6-22)26-12-8-24(9-13-26)35-28-16-7-23(19-31)21-32-28/h2-7,10-11,14-18,21,24,26,36H,8-9,12-13,20H2,1H3,(H,32,35)(H,33,39). The highest BCUT2D eigenvalue weighted by atomic mass is 16.2. The van der Waals surface area contributed by atoms with Gasteiger partial charge in [-0.25, -0.2) is 9.78 Å². The van der Waals surface area contributed by atoms with E-state index in [1.54, 1.807) is 23.1 Å². The number of aromatic nitrogens is 3. The molecule has 0 saturated heterocycles. The van der Waals surface area contributed by atoms with E-state index in [1.807, 2.05) is 78.7 Å². The first kappa shape index (κ1) is 25.8. The fourth-order valence-corrected chi connectivity index (χ4v) is 4.94. The number of aryl methyl sites for hydroxylation is 1. The van der Waals surface area contributed by atoms with Crippen LogP contribution in [0.1, 0.15) is 36.8 Å². The molecular weight excluding hydrogens is 488 g/mol. The molecule has 9 nitrogen and oxygen atoms in total. The maximum absolute atomic E-state index is 13.6. The number of carbonyl (C=O) groups is 1. The molecule has 0 radical (unpaired) electrons. The summed E-state index contributed by atoms with van der Waals surface area (Å²) in [5.41, 5.74) is 3.39. The third-order valence-electron chi connectivity index (χ3n) is 7.05. The topological polar surface area (TPSA) is 111 Å². The van der Waals surface area contributed by atoms with Crippen LogP contribution >= 0.6 is 0 Å². The minimum absolute atomic E-state index is 0.0728. The smallest absolute Gasteiger partial charge is 0.322 e. The monoisotopic (exact) mass is 520 g/mol. The molecule has 5 rings (SSSR count). The van der Waals surface area contributed by atoms with Gasteiger partial charge in [0.15, 0.2) is 0 Å². The zero-order valence-corrected chi connectivity index (χ0v) is 21.9. The number of benzene rings is 2. The van der Waals surface area contributed by atoms with E-state index >= 15 is 0 Å². The number of rotatable bonds is 8. The highest BCUT2D eigenvalue weighted by molar-refractivity contribution is 5.93. The third kappa shape index (κ3) is 6.54. The van der Waals surface area contributed by atoms with Gasteiger partial charge in [0, 0.05) is 49.3 Å². The number of nitriles is 1. The Morgan fingerprint density at radius 1 is 1.03 bits per heavy atom. The highest BCUT2D eigenvalue weighted by Crippen LogP contribution is 2.30. The highest BCUT2D eigenvalue weighted by Gasteiger charge is 2.30. The summed E-state index contributed by atoms with van der Waals surface area (Å²) in [6, 6.07) is 25.8. The Kier molecular flexibility index (Phi) is 8.03. The Morgan fingerprint density at radius 3 is 2.44 bits per heavy atom. The number of pyridine rings is 1. The number of urea groups is 1. The average molecular weight is 521 g/mol. The van der Waals surface area contributed by atoms with Gasteiger partial charge < -0.3 is 16.0 Å². The molecule has 0 atom stereocenters. The second kappa shape index (κ2) is 12.1. The van der Waals surface area contributed by atoms with Crippen molar-refractivity contribution in [2.45, 2.75) is 44.3 Å². The van der Waals surface area contributed by atoms with Gasteiger partial charge >= 0.3 is 6.03 Å². The Morgan fingerprint density at radius 2 is 1.79 bits per heavy atom. The van der Waals surface area contributed by atoms with Crippen molar-refractivity contribution in [3.8, 4) is 6.07 Å². The van der Waals surface area contributed by atoms with Crippen molar-refractivity contribution in [3.05, 3.63) is 96.3 Å². The SMILES string of the molecule is Cn1nccc1Nc1ccc(N(C(=O)NCc2ccccc2)C2CCC(Nc3ccc(C#N)cn3)CC2)cc1. The Hall–Kier alpha value is -4.84. The zero-order valence-electron chi connectivity index (χ0n) is 21.9. The van der Waals surface area contributed by atoms with Gasteiger partial charge in [-0.2, -0.15) is 10.4 Å². The van der Waals surface area contributed by atoms with E-state index in [1.165, 1.54) is 0 Å². The molecule has 2 aromatic carbocycles. The molecule has 0 unspecified atom stereocenters. The second-order valence-corrected chi connectivity index (χ2v) is 9.72. The normalized spacial score (nSPS) is 16.6. The quantitative estimate of drug-likeness (QED) is 0.280. The van der Waals surface area contributed by atoms with Gasteiger partial charge in [-0.15, -0.1) is 0 Å². The van der Waals surface area contributed by atoms with Crippen LogP contribution in [0.25, 0.3) is 0 Å². The van der Waals surface area contributed by atoms with Crippen molar-refractivity contribution < 1.29 is 4.79 Å². The molecule has 0 bridgehead atoms. The molecule has 2 aromatic heterocycles. The summed E-state index contributed by atoms with van der Waals surface area (Å²) >= 11 is 0. The molecule has 39 heavy (non-hydrogen) atoms. The fraction of sp³-hybridized carbons (Fsp3) is 0.267. The lowest BCUT2D eigenvalue weighted by Gasteiger charge is -2.37. The fourth-order valence-electron chi connectivity index (χ4n) is 4.94. The van der Waals surface area contributed by atoms with Gasteiger partial charge in [-0.1, -0.05) is 30.3 Å². The average Bonchev–Trinajstić information content (AvgIpc) is 3.38. The van der Waals surface area contributed by atoms with Crippen molar-refractivity contribution in [2.24, 2.45) is 7.05 Å². The van der Waals surface area contributed by atoms with Gasteiger partial charge in [-0.05, 0) is 67.6 Å². The predicted octanol–water partition coefficient (Wildman–Crippen LogP) is 5.57. The maximum Gasteiger partial charge on any atom is 0.322 e. The van der Waals surface area contributed by atoms with Crippen LogP contribution in [0.15, 0.2) is 85.2 Å². The number of hydrogen-bond donors (Lipinski definition) is 3. The molecule has 1 aliphatic rings. The van der Waals surface area contributed by atoms with Crippen molar-refractivity contribution in [1.82, 2.24) is 20.1 Å². The van der Waals surface area contributed by atoms with E-state index in [9.17, 15) is 4.79 Å². The summed E-state index contributed by atoms with van der Waals surface area (Å²) in [4.78, 5) is 19.8. The lowest BCUT2D eigenvalue weighted by atomic mass is 9.90. The van der Waals surface area contributed by atoms with Crippen LogP contribution in [0.5, 0.6) is 0 Å². The summed E-state index contributed by atoms with van der Waals surface area (Å²) in [6.45, 7) is 0.470. The molecule has 198 valence electrons. The molecule has 1 saturated carbocycles. The summed E-state index contributed by atoms with van der Waals surface area (Å²) < 4.78 is 1.77. The van der Waals surface area contributed by atoms with E-state index < -0.39 is 0 Å². The maximum atomic E-state index is 13.6. The number of nitrogens with zero attached hydrogens (tertiary/aromatic N) is 5. The molecule has 1 fully saturated rings. The first-order valence-corrected chi connectivity index (χ1v) is 13.2. The number of carbonyl (C=O) groups excluding carboxylic acids is 1. The largest absolute Gasteiger partial charge is 0.367 e. The molecule has 2 heterocycles. The molecule has 1 aliphatic carbocycles. The zero-order chi connectivity index (χ0) is 27.0. The van der Waals surface area contributed by atoms with E-state index in [4.69, 9.17) is 5.26 Å². The number of hydrogen-bond acceptors (Lipinski definition) is 6. The van der Waals surface area contributed by atoms with Crippen molar-refractivity contribution >= 4 is 29.0 Å². The minimum Gasteiger partial charge on any atom is -0.367 e. The molecular formula is C30H32N8O. The summed E-state index contributed by atoms with van der Waals surface area (Å²) in [5.74, 6) is 1.66. The summed E-state index contributed by atoms with van der Waals surface area (Å²) in [5, 5.41) is 23.2. The van der Waals surface area contributed by atoms with Crippen LogP contribution < -0.4 is 20.9 Å². The lowest BCUT2D eigenvalue weighted by Crippen LogP contribution is -2.48. The van der Waals surface area contributed by atoms with E-state index in [2.05, 4.69) is 32.1 Å². The predicted molar refractivity (Wildman–Crippen MR) is 153 cm³/mol. The first-order valence-electron chi connectivity index (χ1n) is 13.2. The number of anilines is 4. The van der Waals surface area contributed by atoms with Gasteiger partial charge in [0.05, 0.1) is 11.8 Å². The van der Waals surface area contributed by atoms with E-state index in [-0.39, 0.29) is 18.1 Å². The second-order valence-electron chi connectivity index (χ2n) is 9.72.